The number of pyridine rings is 1. The number of rotatable bonds is 5. The summed E-state index contributed by atoms with van der Waals surface area (Å²) in [7, 11) is -3.61. The van der Waals surface area contributed by atoms with Gasteiger partial charge in [-0.25, -0.2) is 13.4 Å². The van der Waals surface area contributed by atoms with E-state index in [4.69, 9.17) is 10.00 Å². The molecule has 0 N–H and O–H groups in total. The van der Waals surface area contributed by atoms with Crippen molar-refractivity contribution >= 4 is 15.8 Å². The number of nitriles is 1. The number of hydrogen-bond donors (Lipinski definition) is 0. The summed E-state index contributed by atoms with van der Waals surface area (Å²) in [5, 5.41) is 8.85. The van der Waals surface area contributed by atoms with E-state index >= 15 is 0 Å². The molecular weight excluding hydrogens is 342 g/mol. The average molecular weight is 357 g/mol. The standard InChI is InChI=1S/C17H15N3O4S/c1-12(21)14-2-4-16(5-3-14)25(22,23)20-10-15(11-20)24-17-8-13(9-18)6-7-19-17/h2-8,15H,10-11H2,1H3. The Balaban J connectivity index is 1.64. The molecule has 2 aromatic rings. The van der Waals surface area contributed by atoms with Crippen molar-refractivity contribution in [3.8, 4) is 11.9 Å². The number of benzene rings is 1. The van der Waals surface area contributed by atoms with Gasteiger partial charge in [-0.2, -0.15) is 9.57 Å². The quantitative estimate of drug-likeness (QED) is 0.754. The first-order valence-electron chi connectivity index (χ1n) is 7.54. The van der Waals surface area contributed by atoms with Gasteiger partial charge in [0.05, 0.1) is 29.6 Å². The van der Waals surface area contributed by atoms with Gasteiger partial charge < -0.3 is 4.74 Å². The molecule has 1 saturated heterocycles. The third kappa shape index (κ3) is 3.52. The van der Waals surface area contributed by atoms with Crippen molar-refractivity contribution in [3.63, 3.8) is 0 Å². The Bertz CT molecular complexity index is 943. The highest BCUT2D eigenvalue weighted by Crippen LogP contribution is 2.24. The minimum atomic E-state index is -3.61. The van der Waals surface area contributed by atoms with E-state index in [0.29, 0.717) is 17.0 Å². The lowest BCUT2D eigenvalue weighted by molar-refractivity contribution is 0.0720. The molecule has 7 nitrogen and oxygen atoms in total. The second-order valence-corrected chi connectivity index (χ2v) is 7.57. The maximum Gasteiger partial charge on any atom is 0.243 e. The van der Waals surface area contributed by atoms with Gasteiger partial charge in [0.1, 0.15) is 6.10 Å². The number of carbonyl (C=O) groups is 1. The lowest BCUT2D eigenvalue weighted by Gasteiger charge is -2.37. The number of nitrogens with zero attached hydrogens (tertiary/aromatic N) is 3. The van der Waals surface area contributed by atoms with Gasteiger partial charge in [-0.15, -0.1) is 0 Å². The normalized spacial score (nSPS) is 15.2. The first-order valence-corrected chi connectivity index (χ1v) is 8.98. The van der Waals surface area contributed by atoms with Crippen LogP contribution in [0.3, 0.4) is 0 Å². The van der Waals surface area contributed by atoms with Crippen LogP contribution in [0.2, 0.25) is 0 Å². The van der Waals surface area contributed by atoms with Crippen LogP contribution in [0.1, 0.15) is 22.8 Å². The van der Waals surface area contributed by atoms with Crippen molar-refractivity contribution in [2.45, 2.75) is 17.9 Å². The van der Waals surface area contributed by atoms with Gasteiger partial charge in [0, 0.05) is 17.8 Å². The van der Waals surface area contributed by atoms with Crippen LogP contribution < -0.4 is 4.74 Å². The van der Waals surface area contributed by atoms with Crippen LogP contribution in [-0.2, 0) is 10.0 Å². The van der Waals surface area contributed by atoms with Crippen molar-refractivity contribution < 1.29 is 17.9 Å². The topological polar surface area (TPSA) is 100 Å². The molecule has 25 heavy (non-hydrogen) atoms. The molecule has 0 radical (unpaired) electrons. The van der Waals surface area contributed by atoms with Crippen molar-refractivity contribution in [2.75, 3.05) is 13.1 Å². The zero-order valence-corrected chi connectivity index (χ0v) is 14.2. The molecule has 1 aromatic carbocycles. The zero-order valence-electron chi connectivity index (χ0n) is 13.4. The Morgan fingerprint density at radius 3 is 2.56 bits per heavy atom. The van der Waals surface area contributed by atoms with Gasteiger partial charge in [0.2, 0.25) is 15.9 Å². The summed E-state index contributed by atoms with van der Waals surface area (Å²) < 4.78 is 31.9. The second-order valence-electron chi connectivity index (χ2n) is 5.64. The Kier molecular flexibility index (Phi) is 4.53. The van der Waals surface area contributed by atoms with Gasteiger partial charge in [0.25, 0.3) is 0 Å². The van der Waals surface area contributed by atoms with Crippen LogP contribution in [-0.4, -0.2) is 42.7 Å². The fourth-order valence-corrected chi connectivity index (χ4v) is 3.90. The highest BCUT2D eigenvalue weighted by molar-refractivity contribution is 7.89. The third-order valence-corrected chi connectivity index (χ3v) is 5.71. The number of hydrogen-bond acceptors (Lipinski definition) is 6. The number of carbonyl (C=O) groups excluding carboxylic acids is 1. The molecule has 0 saturated carbocycles. The first-order chi connectivity index (χ1) is 11.9. The summed E-state index contributed by atoms with van der Waals surface area (Å²) in [4.78, 5) is 15.4. The summed E-state index contributed by atoms with van der Waals surface area (Å²) in [6, 6.07) is 10.9. The van der Waals surface area contributed by atoms with E-state index in [9.17, 15) is 13.2 Å². The summed E-state index contributed by atoms with van der Waals surface area (Å²) in [6.45, 7) is 1.83. The number of ketones is 1. The predicted octanol–water partition coefficient (Wildman–Crippen LogP) is 1.61. The Morgan fingerprint density at radius 1 is 1.28 bits per heavy atom. The maximum absolute atomic E-state index is 12.5. The summed E-state index contributed by atoms with van der Waals surface area (Å²) in [5.41, 5.74) is 0.895. The smallest absolute Gasteiger partial charge is 0.243 e. The van der Waals surface area contributed by atoms with Crippen LogP contribution in [0.15, 0.2) is 47.5 Å². The molecule has 3 rings (SSSR count). The lowest BCUT2D eigenvalue weighted by atomic mass is 10.2. The van der Waals surface area contributed by atoms with E-state index in [-0.39, 0.29) is 29.9 Å². The van der Waals surface area contributed by atoms with Gasteiger partial charge >= 0.3 is 0 Å². The van der Waals surface area contributed by atoms with E-state index in [1.165, 1.54) is 47.8 Å². The van der Waals surface area contributed by atoms with E-state index in [0.717, 1.165) is 0 Å². The van der Waals surface area contributed by atoms with Crippen molar-refractivity contribution in [2.24, 2.45) is 0 Å². The fourth-order valence-electron chi connectivity index (χ4n) is 2.40. The monoisotopic (exact) mass is 357 g/mol. The molecule has 0 aliphatic carbocycles. The molecule has 1 aliphatic heterocycles. The molecule has 0 spiro atoms. The predicted molar refractivity (Wildman–Crippen MR) is 88.6 cm³/mol. The molecule has 128 valence electrons. The Labute approximate surface area is 145 Å². The van der Waals surface area contributed by atoms with Crippen molar-refractivity contribution in [1.29, 1.82) is 5.26 Å². The maximum atomic E-state index is 12.5. The molecule has 1 aliphatic rings. The minimum Gasteiger partial charge on any atom is -0.471 e. The average Bonchev–Trinajstić information content (AvgIpc) is 2.57. The van der Waals surface area contributed by atoms with Crippen molar-refractivity contribution in [1.82, 2.24) is 9.29 Å². The second kappa shape index (κ2) is 6.63. The summed E-state index contributed by atoms with van der Waals surface area (Å²) in [5.74, 6) is 0.181. The Hall–Kier alpha value is -2.76. The molecule has 0 bridgehead atoms. The summed E-state index contributed by atoms with van der Waals surface area (Å²) in [6.07, 6.45) is 1.16. The molecule has 0 amide bonds. The van der Waals surface area contributed by atoms with Crippen LogP contribution in [0.25, 0.3) is 0 Å². The molecule has 1 fully saturated rings. The number of sulfonamides is 1. The lowest BCUT2D eigenvalue weighted by Crippen LogP contribution is -2.56. The van der Waals surface area contributed by atoms with Gasteiger partial charge in [-0.3, -0.25) is 4.79 Å². The number of Topliss-reactive ketones (excluding diaryl/α,β-unsaturated/α-hetero) is 1. The van der Waals surface area contributed by atoms with Gasteiger partial charge in [-0.1, -0.05) is 12.1 Å². The van der Waals surface area contributed by atoms with Crippen molar-refractivity contribution in [3.05, 3.63) is 53.7 Å². The first kappa shape index (κ1) is 17.1. The summed E-state index contributed by atoms with van der Waals surface area (Å²) >= 11 is 0. The van der Waals surface area contributed by atoms with E-state index in [1.54, 1.807) is 6.07 Å². The largest absolute Gasteiger partial charge is 0.471 e. The minimum absolute atomic E-state index is 0.117. The highest BCUT2D eigenvalue weighted by Gasteiger charge is 2.38. The van der Waals surface area contributed by atoms with Gasteiger partial charge in [0.15, 0.2) is 5.78 Å². The molecule has 2 heterocycles. The molecule has 8 heteroatoms. The van der Waals surface area contributed by atoms with E-state index in [1.807, 2.05) is 6.07 Å². The van der Waals surface area contributed by atoms with Crippen LogP contribution in [0.5, 0.6) is 5.88 Å². The van der Waals surface area contributed by atoms with Gasteiger partial charge in [-0.05, 0) is 25.1 Å². The molecule has 0 unspecified atom stereocenters. The molecule has 1 aromatic heterocycles. The fraction of sp³-hybridized carbons (Fsp3) is 0.235. The zero-order chi connectivity index (χ0) is 18.0. The Morgan fingerprint density at radius 2 is 1.96 bits per heavy atom. The van der Waals surface area contributed by atoms with Crippen LogP contribution >= 0.6 is 0 Å². The highest BCUT2D eigenvalue weighted by atomic mass is 32.2. The van der Waals surface area contributed by atoms with Crippen LogP contribution in [0.4, 0.5) is 0 Å². The molecule has 0 atom stereocenters. The SMILES string of the molecule is CC(=O)c1ccc(S(=O)(=O)N2CC(Oc3cc(C#N)ccn3)C2)cc1. The van der Waals surface area contributed by atoms with Crippen LogP contribution in [0, 0.1) is 11.3 Å². The van der Waals surface area contributed by atoms with E-state index in [2.05, 4.69) is 4.98 Å². The van der Waals surface area contributed by atoms with E-state index < -0.39 is 10.0 Å². The number of aromatic nitrogens is 1. The molecular formula is C17H15N3O4S. The third-order valence-electron chi connectivity index (χ3n) is 3.86. The number of ether oxygens (including phenoxy) is 1.